The fraction of sp³-hybridized carbons (Fsp3) is 0.500. The summed E-state index contributed by atoms with van der Waals surface area (Å²) in [5.74, 6) is 0. The Kier molecular flexibility index (Phi) is 5.12. The molecular formula is C12H19NO2S. The van der Waals surface area contributed by atoms with Gasteiger partial charge in [-0.1, -0.05) is 30.3 Å². The van der Waals surface area contributed by atoms with E-state index in [0.717, 1.165) is 5.56 Å². The van der Waals surface area contributed by atoms with Gasteiger partial charge in [0, 0.05) is 12.3 Å². The lowest BCUT2D eigenvalue weighted by molar-refractivity contribution is 0.122. The topological polar surface area (TPSA) is 29.5 Å². The van der Waals surface area contributed by atoms with Crippen molar-refractivity contribution < 1.29 is 8.39 Å². The molecule has 1 aromatic rings. The van der Waals surface area contributed by atoms with Crippen LogP contribution in [0.4, 0.5) is 0 Å². The van der Waals surface area contributed by atoms with Gasteiger partial charge in [0.25, 0.3) is 0 Å². The number of hydrogen-bond donors (Lipinski definition) is 0. The van der Waals surface area contributed by atoms with Crippen LogP contribution in [-0.4, -0.2) is 35.5 Å². The molecule has 0 radical (unpaired) electrons. The van der Waals surface area contributed by atoms with Gasteiger partial charge in [-0.25, -0.2) is 4.21 Å². The average Bonchev–Trinajstić information content (AvgIpc) is 2.26. The minimum absolute atomic E-state index is 0.165. The Labute approximate surface area is 100 Å². The molecule has 1 aromatic carbocycles. The molecule has 16 heavy (non-hydrogen) atoms. The van der Waals surface area contributed by atoms with Crippen LogP contribution in [0.1, 0.15) is 18.6 Å². The van der Waals surface area contributed by atoms with Crippen LogP contribution >= 0.6 is 0 Å². The molecule has 0 bridgehead atoms. The summed E-state index contributed by atoms with van der Waals surface area (Å²) in [5.41, 5.74) is 1.05. The third-order valence-electron chi connectivity index (χ3n) is 2.62. The second-order valence-electron chi connectivity index (χ2n) is 4.03. The summed E-state index contributed by atoms with van der Waals surface area (Å²) in [6.07, 6.45) is 1.39. The highest BCUT2D eigenvalue weighted by Gasteiger charge is 2.23. The molecule has 4 heteroatoms. The molecule has 3 nitrogen and oxygen atoms in total. The fourth-order valence-electron chi connectivity index (χ4n) is 1.47. The zero-order valence-electron chi connectivity index (χ0n) is 10.2. The quantitative estimate of drug-likeness (QED) is 0.789. The van der Waals surface area contributed by atoms with Crippen LogP contribution in [0.15, 0.2) is 30.3 Å². The van der Waals surface area contributed by atoms with Crippen LogP contribution in [0.25, 0.3) is 0 Å². The van der Waals surface area contributed by atoms with E-state index in [1.807, 2.05) is 44.4 Å². The van der Waals surface area contributed by atoms with Gasteiger partial charge in [0.1, 0.15) is 6.10 Å². The van der Waals surface area contributed by atoms with Crippen molar-refractivity contribution in [2.75, 3.05) is 20.4 Å². The summed E-state index contributed by atoms with van der Waals surface area (Å²) in [5, 5.41) is 0. The first-order valence-electron chi connectivity index (χ1n) is 5.24. The van der Waals surface area contributed by atoms with Crippen LogP contribution < -0.4 is 0 Å². The Morgan fingerprint density at radius 1 is 1.25 bits per heavy atom. The van der Waals surface area contributed by atoms with E-state index in [2.05, 4.69) is 11.8 Å². The second-order valence-corrected chi connectivity index (χ2v) is 5.03. The molecule has 0 aromatic heterocycles. The van der Waals surface area contributed by atoms with E-state index >= 15 is 0 Å². The molecule has 0 aliphatic heterocycles. The third-order valence-corrected chi connectivity index (χ3v) is 3.10. The highest BCUT2D eigenvalue weighted by Crippen LogP contribution is 2.24. The zero-order valence-corrected chi connectivity index (χ0v) is 11.0. The number of benzene rings is 1. The first-order valence-corrected chi connectivity index (χ1v) is 6.72. The van der Waals surface area contributed by atoms with Gasteiger partial charge in [0.05, 0.1) is 0 Å². The van der Waals surface area contributed by atoms with E-state index in [9.17, 15) is 4.21 Å². The highest BCUT2D eigenvalue weighted by molar-refractivity contribution is 7.79. The monoisotopic (exact) mass is 241 g/mol. The van der Waals surface area contributed by atoms with Crippen molar-refractivity contribution in [3.8, 4) is 0 Å². The minimum Gasteiger partial charge on any atom is -0.304 e. The van der Waals surface area contributed by atoms with Gasteiger partial charge >= 0.3 is 0 Å². The SMILES string of the molecule is C[C@@H]([C@H](OS(C)=O)c1ccccc1)N(C)C. The maximum Gasteiger partial charge on any atom is 0.152 e. The molecule has 0 aliphatic rings. The number of nitrogens with zero attached hydrogens (tertiary/aromatic N) is 1. The first kappa shape index (κ1) is 13.4. The Balaban J connectivity index is 2.91. The number of likely N-dealkylation sites (N-methyl/N-ethyl adjacent to an activating group) is 1. The summed E-state index contributed by atoms with van der Waals surface area (Å²) in [7, 11) is 3.98. The van der Waals surface area contributed by atoms with Crippen molar-refractivity contribution in [3.63, 3.8) is 0 Å². The summed E-state index contributed by atoms with van der Waals surface area (Å²) < 4.78 is 16.7. The molecule has 1 unspecified atom stereocenters. The molecule has 0 amide bonds. The Morgan fingerprint density at radius 3 is 2.25 bits per heavy atom. The van der Waals surface area contributed by atoms with Crippen molar-refractivity contribution in [3.05, 3.63) is 35.9 Å². The summed E-state index contributed by atoms with van der Waals surface area (Å²) in [4.78, 5) is 2.06. The first-order chi connectivity index (χ1) is 7.52. The van der Waals surface area contributed by atoms with E-state index < -0.39 is 11.1 Å². The molecule has 0 spiro atoms. The van der Waals surface area contributed by atoms with Crippen LogP contribution in [-0.2, 0) is 15.3 Å². The Hall–Kier alpha value is -0.710. The fourth-order valence-corrected chi connectivity index (χ4v) is 2.04. The minimum atomic E-state index is -1.26. The lowest BCUT2D eigenvalue weighted by atomic mass is 10.0. The molecule has 1 rings (SSSR count). The van der Waals surface area contributed by atoms with Gasteiger partial charge in [-0.05, 0) is 26.6 Å². The van der Waals surface area contributed by atoms with Crippen LogP contribution in [0, 0.1) is 0 Å². The second kappa shape index (κ2) is 6.13. The number of hydrogen-bond acceptors (Lipinski definition) is 3. The van der Waals surface area contributed by atoms with E-state index in [0.29, 0.717) is 0 Å². The van der Waals surface area contributed by atoms with Crippen molar-refractivity contribution >= 4 is 11.1 Å². The zero-order chi connectivity index (χ0) is 12.1. The van der Waals surface area contributed by atoms with Crippen LogP contribution in [0.3, 0.4) is 0 Å². The number of rotatable bonds is 5. The van der Waals surface area contributed by atoms with Gasteiger partial charge in [-0.15, -0.1) is 0 Å². The molecule has 0 saturated heterocycles. The van der Waals surface area contributed by atoms with E-state index in [1.54, 1.807) is 6.26 Å². The predicted octanol–water partition coefficient (Wildman–Crippen LogP) is 1.99. The van der Waals surface area contributed by atoms with E-state index in [1.165, 1.54) is 0 Å². The van der Waals surface area contributed by atoms with Gasteiger partial charge in [-0.2, -0.15) is 0 Å². The van der Waals surface area contributed by atoms with Gasteiger partial charge < -0.3 is 4.90 Å². The Morgan fingerprint density at radius 2 is 1.81 bits per heavy atom. The third kappa shape index (κ3) is 3.70. The van der Waals surface area contributed by atoms with Crippen molar-refractivity contribution in [2.24, 2.45) is 0 Å². The molecule has 0 heterocycles. The summed E-state index contributed by atoms with van der Waals surface area (Å²) in [6, 6.07) is 10.1. The smallest absolute Gasteiger partial charge is 0.152 e. The standard InChI is InChI=1S/C12H19NO2S/c1-10(13(2)3)12(15-16(4)14)11-8-6-5-7-9-11/h5-10,12H,1-4H3/t10-,12-,16?/m0/s1. The molecule has 0 saturated carbocycles. The summed E-state index contributed by atoms with van der Waals surface area (Å²) in [6.45, 7) is 2.06. The summed E-state index contributed by atoms with van der Waals surface area (Å²) >= 11 is -1.26. The normalized spacial score (nSPS) is 17.1. The lowest BCUT2D eigenvalue weighted by Gasteiger charge is -2.28. The van der Waals surface area contributed by atoms with Gasteiger partial charge in [-0.3, -0.25) is 4.18 Å². The maximum atomic E-state index is 11.2. The van der Waals surface area contributed by atoms with Crippen LogP contribution in [0.2, 0.25) is 0 Å². The van der Waals surface area contributed by atoms with Crippen LogP contribution in [0.5, 0.6) is 0 Å². The van der Waals surface area contributed by atoms with E-state index in [-0.39, 0.29) is 12.1 Å². The van der Waals surface area contributed by atoms with Gasteiger partial charge in [0.15, 0.2) is 11.1 Å². The van der Waals surface area contributed by atoms with E-state index in [4.69, 9.17) is 4.18 Å². The van der Waals surface area contributed by atoms with Crippen molar-refractivity contribution in [2.45, 2.75) is 19.1 Å². The molecule has 90 valence electrons. The van der Waals surface area contributed by atoms with Crippen molar-refractivity contribution in [1.29, 1.82) is 0 Å². The van der Waals surface area contributed by atoms with Crippen molar-refractivity contribution in [1.82, 2.24) is 4.90 Å². The highest BCUT2D eigenvalue weighted by atomic mass is 32.2. The predicted molar refractivity (Wildman–Crippen MR) is 67.5 cm³/mol. The molecule has 3 atom stereocenters. The molecule has 0 N–H and O–H groups in total. The molecule has 0 fully saturated rings. The van der Waals surface area contributed by atoms with Gasteiger partial charge in [0.2, 0.25) is 0 Å². The maximum absolute atomic E-state index is 11.2. The largest absolute Gasteiger partial charge is 0.304 e. The Bertz CT molecular complexity index is 340. The molecular weight excluding hydrogens is 222 g/mol. The molecule has 0 aliphatic carbocycles. The lowest BCUT2D eigenvalue weighted by Crippen LogP contribution is -2.32. The average molecular weight is 241 g/mol.